The molecule has 0 spiro atoms. The average molecular weight is 430 g/mol. The van der Waals surface area contributed by atoms with Gasteiger partial charge in [0.1, 0.15) is 28.9 Å². The minimum absolute atomic E-state index is 0.0357. The monoisotopic (exact) mass is 429 g/mol. The summed E-state index contributed by atoms with van der Waals surface area (Å²) >= 11 is 3.13. The van der Waals surface area contributed by atoms with Gasteiger partial charge in [0.25, 0.3) is 0 Å². The average Bonchev–Trinajstić information content (AvgIpc) is 2.99. The van der Waals surface area contributed by atoms with Gasteiger partial charge >= 0.3 is 0 Å². The molecule has 0 unspecified atom stereocenters. The maximum atomic E-state index is 12.6. The van der Waals surface area contributed by atoms with Gasteiger partial charge in [0.05, 0.1) is 11.8 Å². The van der Waals surface area contributed by atoms with Crippen molar-refractivity contribution in [2.75, 3.05) is 19.0 Å². The zero-order valence-corrected chi connectivity index (χ0v) is 18.5. The molecular formula is C21H23N3O3S2. The molecule has 152 valence electrons. The van der Waals surface area contributed by atoms with Crippen LogP contribution >= 0.6 is 23.1 Å². The molecule has 4 rings (SSSR count). The highest BCUT2D eigenvalue weighted by atomic mass is 32.2. The van der Waals surface area contributed by atoms with Gasteiger partial charge in [-0.3, -0.25) is 4.79 Å². The molecule has 0 fully saturated rings. The van der Waals surface area contributed by atoms with Crippen molar-refractivity contribution in [2.24, 2.45) is 0 Å². The summed E-state index contributed by atoms with van der Waals surface area (Å²) in [5.41, 5.74) is 2.18. The van der Waals surface area contributed by atoms with E-state index in [1.807, 2.05) is 32.0 Å². The number of hydrogen-bond acceptors (Lipinski definition) is 7. The van der Waals surface area contributed by atoms with Crippen molar-refractivity contribution in [1.29, 1.82) is 0 Å². The van der Waals surface area contributed by atoms with Crippen LogP contribution < -0.4 is 14.8 Å². The van der Waals surface area contributed by atoms with Gasteiger partial charge < -0.3 is 14.8 Å². The second kappa shape index (κ2) is 8.20. The smallest absolute Gasteiger partial charge is 0.230 e. The number of nitrogens with zero attached hydrogens (tertiary/aromatic N) is 2. The van der Waals surface area contributed by atoms with Gasteiger partial charge in [-0.25, -0.2) is 9.97 Å². The van der Waals surface area contributed by atoms with Gasteiger partial charge in [0, 0.05) is 10.3 Å². The van der Waals surface area contributed by atoms with Crippen LogP contribution in [0.5, 0.6) is 11.5 Å². The van der Waals surface area contributed by atoms with Crippen LogP contribution in [-0.4, -0.2) is 34.8 Å². The molecule has 1 amide bonds. The Bertz CT molecular complexity index is 1080. The van der Waals surface area contributed by atoms with E-state index in [2.05, 4.69) is 29.1 Å². The first kappa shape index (κ1) is 20.0. The van der Waals surface area contributed by atoms with E-state index >= 15 is 0 Å². The highest BCUT2D eigenvalue weighted by Gasteiger charge is 2.18. The fourth-order valence-corrected chi connectivity index (χ4v) is 5.33. The highest BCUT2D eigenvalue weighted by molar-refractivity contribution is 8.00. The second-order valence-electron chi connectivity index (χ2n) is 7.02. The van der Waals surface area contributed by atoms with Crippen molar-refractivity contribution in [3.05, 3.63) is 40.0 Å². The van der Waals surface area contributed by atoms with E-state index in [4.69, 9.17) is 9.47 Å². The standard InChI is InChI=1S/C21H23N3O3S2/c1-11-13(3)29-21-19(11)20(23-14(4)24-21)28-10-18(25)22-12(2)15-5-6-16-17(9-15)27-8-7-26-16/h5-6,9,12H,7-8,10H2,1-4H3,(H,22,25)/t12-/m0/s1. The van der Waals surface area contributed by atoms with Crippen LogP contribution in [-0.2, 0) is 4.79 Å². The first-order valence-electron chi connectivity index (χ1n) is 9.48. The summed E-state index contributed by atoms with van der Waals surface area (Å²) < 4.78 is 11.2. The Labute approximate surface area is 178 Å². The largest absolute Gasteiger partial charge is 0.486 e. The maximum absolute atomic E-state index is 12.6. The van der Waals surface area contributed by atoms with Crippen molar-refractivity contribution < 1.29 is 14.3 Å². The lowest BCUT2D eigenvalue weighted by Gasteiger charge is -2.21. The van der Waals surface area contributed by atoms with Crippen LogP contribution in [0.4, 0.5) is 0 Å². The Hall–Kier alpha value is -2.32. The molecule has 8 heteroatoms. The van der Waals surface area contributed by atoms with Gasteiger partial charge in [-0.15, -0.1) is 11.3 Å². The van der Waals surface area contributed by atoms with Gasteiger partial charge in [-0.1, -0.05) is 17.8 Å². The zero-order chi connectivity index (χ0) is 20.5. The van der Waals surface area contributed by atoms with Gasteiger partial charge in [-0.2, -0.15) is 0 Å². The minimum atomic E-state index is -0.129. The third-order valence-electron chi connectivity index (χ3n) is 4.89. The number of ether oxygens (including phenoxy) is 2. The van der Waals surface area contributed by atoms with E-state index in [1.54, 1.807) is 11.3 Å². The minimum Gasteiger partial charge on any atom is -0.486 e. The third kappa shape index (κ3) is 4.18. The van der Waals surface area contributed by atoms with E-state index in [1.165, 1.54) is 22.2 Å². The molecule has 1 aliphatic heterocycles. The summed E-state index contributed by atoms with van der Waals surface area (Å²) in [6, 6.07) is 5.65. The summed E-state index contributed by atoms with van der Waals surface area (Å²) in [6.07, 6.45) is 0. The number of carbonyl (C=O) groups excluding carboxylic acids is 1. The van der Waals surface area contributed by atoms with E-state index in [0.717, 1.165) is 38.1 Å². The molecule has 1 aromatic carbocycles. The predicted octanol–water partition coefficient (Wildman–Crippen LogP) is 4.36. The molecule has 0 aliphatic carbocycles. The molecule has 3 heterocycles. The Morgan fingerprint density at radius 3 is 2.76 bits per heavy atom. The first-order chi connectivity index (χ1) is 13.9. The number of fused-ring (bicyclic) bond motifs is 2. The van der Waals surface area contributed by atoms with Crippen LogP contribution in [0.1, 0.15) is 34.8 Å². The van der Waals surface area contributed by atoms with Crippen LogP contribution in [0.15, 0.2) is 23.2 Å². The molecule has 1 atom stereocenters. The molecule has 0 saturated heterocycles. The van der Waals surface area contributed by atoms with Crippen molar-refractivity contribution in [1.82, 2.24) is 15.3 Å². The lowest BCUT2D eigenvalue weighted by molar-refractivity contribution is -0.119. The SMILES string of the molecule is Cc1nc(SCC(=O)N[C@@H](C)c2ccc3c(c2)OCCO3)c2c(C)c(C)sc2n1. The lowest BCUT2D eigenvalue weighted by Crippen LogP contribution is -2.28. The highest BCUT2D eigenvalue weighted by Crippen LogP contribution is 2.35. The van der Waals surface area contributed by atoms with Crippen molar-refractivity contribution in [2.45, 2.75) is 38.8 Å². The maximum Gasteiger partial charge on any atom is 0.230 e. The number of hydrogen-bond donors (Lipinski definition) is 1. The Balaban J connectivity index is 1.43. The van der Waals surface area contributed by atoms with Crippen LogP contribution in [0.25, 0.3) is 10.2 Å². The van der Waals surface area contributed by atoms with E-state index in [-0.39, 0.29) is 11.9 Å². The number of amides is 1. The first-order valence-corrected chi connectivity index (χ1v) is 11.3. The number of benzene rings is 1. The molecule has 29 heavy (non-hydrogen) atoms. The number of carbonyl (C=O) groups is 1. The molecular weight excluding hydrogens is 406 g/mol. The Morgan fingerprint density at radius 2 is 1.97 bits per heavy atom. The summed E-state index contributed by atoms with van der Waals surface area (Å²) in [5.74, 6) is 2.47. The number of rotatable bonds is 5. The van der Waals surface area contributed by atoms with Gasteiger partial charge in [0.15, 0.2) is 11.5 Å². The zero-order valence-electron chi connectivity index (χ0n) is 16.9. The van der Waals surface area contributed by atoms with Gasteiger partial charge in [-0.05, 0) is 51.0 Å². The molecule has 3 aromatic rings. The van der Waals surface area contributed by atoms with Gasteiger partial charge in [0.2, 0.25) is 5.91 Å². The van der Waals surface area contributed by atoms with Crippen LogP contribution in [0.2, 0.25) is 0 Å². The topological polar surface area (TPSA) is 73.3 Å². The molecule has 0 saturated carbocycles. The fraction of sp³-hybridized carbons (Fsp3) is 0.381. The Morgan fingerprint density at radius 1 is 1.21 bits per heavy atom. The summed E-state index contributed by atoms with van der Waals surface area (Å²) in [4.78, 5) is 23.9. The number of aryl methyl sites for hydroxylation is 3. The van der Waals surface area contributed by atoms with Crippen molar-refractivity contribution in [3.63, 3.8) is 0 Å². The summed E-state index contributed by atoms with van der Waals surface area (Å²) in [6.45, 7) is 9.14. The molecule has 1 N–H and O–H groups in total. The second-order valence-corrected chi connectivity index (χ2v) is 9.19. The quantitative estimate of drug-likeness (QED) is 0.480. The van der Waals surface area contributed by atoms with Crippen LogP contribution in [0.3, 0.4) is 0 Å². The van der Waals surface area contributed by atoms with E-state index < -0.39 is 0 Å². The summed E-state index contributed by atoms with van der Waals surface area (Å²) in [5, 5.41) is 5.00. The fourth-order valence-electron chi connectivity index (χ4n) is 3.25. The molecule has 0 bridgehead atoms. The van der Waals surface area contributed by atoms with Crippen LogP contribution in [0, 0.1) is 20.8 Å². The molecule has 2 aromatic heterocycles. The summed E-state index contributed by atoms with van der Waals surface area (Å²) in [7, 11) is 0. The van der Waals surface area contributed by atoms with Crippen molar-refractivity contribution >= 4 is 39.2 Å². The molecule has 6 nitrogen and oxygen atoms in total. The predicted molar refractivity (Wildman–Crippen MR) is 116 cm³/mol. The number of aromatic nitrogens is 2. The molecule has 0 radical (unpaired) electrons. The van der Waals surface area contributed by atoms with Crippen molar-refractivity contribution in [3.8, 4) is 11.5 Å². The third-order valence-corrected chi connectivity index (χ3v) is 6.97. The molecule has 1 aliphatic rings. The van der Waals surface area contributed by atoms with E-state index in [9.17, 15) is 4.79 Å². The normalized spacial score (nSPS) is 14.1. The number of thioether (sulfide) groups is 1. The van der Waals surface area contributed by atoms with E-state index in [0.29, 0.717) is 19.0 Å². The number of nitrogens with one attached hydrogen (secondary N) is 1. The number of thiophene rings is 1. The Kier molecular flexibility index (Phi) is 5.65. The lowest BCUT2D eigenvalue weighted by atomic mass is 10.1.